The van der Waals surface area contributed by atoms with Gasteiger partial charge in [0.2, 0.25) is 0 Å². The summed E-state index contributed by atoms with van der Waals surface area (Å²) in [7, 11) is -3.25. The summed E-state index contributed by atoms with van der Waals surface area (Å²) in [6.07, 6.45) is 3.35. The third kappa shape index (κ3) is 4.98. The number of amides is 2. The summed E-state index contributed by atoms with van der Waals surface area (Å²) in [6.45, 7) is 2.37. The Bertz CT molecular complexity index is 939. The lowest BCUT2D eigenvalue weighted by Crippen LogP contribution is -2.28. The highest BCUT2D eigenvalue weighted by Gasteiger charge is 2.29. The number of benzene rings is 1. The van der Waals surface area contributed by atoms with Crippen LogP contribution in [0.2, 0.25) is 0 Å². The molecule has 8 nitrogen and oxygen atoms in total. The molecule has 0 unspecified atom stereocenters. The molecule has 1 aliphatic carbocycles. The Kier molecular flexibility index (Phi) is 6.13. The maximum absolute atomic E-state index is 12.6. The highest BCUT2D eigenvalue weighted by molar-refractivity contribution is 7.91. The number of nitrogens with two attached hydrogens (primary N) is 1. The minimum Gasteiger partial charge on any atom is -0.384 e. The van der Waals surface area contributed by atoms with Crippen molar-refractivity contribution >= 4 is 27.4 Å². The van der Waals surface area contributed by atoms with E-state index in [0.29, 0.717) is 29.3 Å². The van der Waals surface area contributed by atoms with Crippen LogP contribution in [0.4, 0.5) is 16.3 Å². The molecule has 3 rings (SSSR count). The molecule has 9 heteroatoms. The van der Waals surface area contributed by atoms with Crippen LogP contribution in [-0.2, 0) is 15.6 Å². The number of nitrogen functional groups attached to an aromatic ring is 1. The first-order valence-electron chi connectivity index (χ1n) is 9.37. The smallest absolute Gasteiger partial charge is 0.319 e. The number of sulfone groups is 1. The predicted molar refractivity (Wildman–Crippen MR) is 109 cm³/mol. The summed E-state index contributed by atoms with van der Waals surface area (Å²) >= 11 is 0. The number of rotatable bonds is 6. The van der Waals surface area contributed by atoms with Crippen LogP contribution in [0.3, 0.4) is 0 Å². The van der Waals surface area contributed by atoms with Crippen molar-refractivity contribution in [1.29, 1.82) is 0 Å². The molecule has 1 aromatic carbocycles. The van der Waals surface area contributed by atoms with Gasteiger partial charge in [-0.2, -0.15) is 0 Å². The molecule has 28 heavy (non-hydrogen) atoms. The molecule has 0 spiro atoms. The van der Waals surface area contributed by atoms with Crippen LogP contribution < -0.4 is 16.4 Å². The molecule has 2 amide bonds. The van der Waals surface area contributed by atoms with Crippen molar-refractivity contribution in [2.75, 3.05) is 17.6 Å². The van der Waals surface area contributed by atoms with Gasteiger partial charge in [0.05, 0.1) is 16.7 Å². The van der Waals surface area contributed by atoms with E-state index >= 15 is 0 Å². The first kappa shape index (κ1) is 20.1. The summed E-state index contributed by atoms with van der Waals surface area (Å²) < 4.78 is 25.2. The molecule has 0 saturated heterocycles. The zero-order valence-electron chi connectivity index (χ0n) is 15.8. The van der Waals surface area contributed by atoms with Gasteiger partial charge in [-0.05, 0) is 44.0 Å². The molecule has 0 bridgehead atoms. The number of anilines is 2. The van der Waals surface area contributed by atoms with Crippen molar-refractivity contribution in [2.45, 2.75) is 43.6 Å². The second-order valence-electron chi connectivity index (χ2n) is 6.88. The zero-order valence-corrected chi connectivity index (χ0v) is 16.6. The second-order valence-corrected chi connectivity index (χ2v) is 9.16. The van der Waals surface area contributed by atoms with Crippen molar-refractivity contribution < 1.29 is 13.2 Å². The number of carbonyl (C=O) groups is 1. The largest absolute Gasteiger partial charge is 0.384 e. The molecule has 1 heterocycles. The predicted octanol–water partition coefficient (Wildman–Crippen LogP) is 2.72. The fraction of sp³-hybridized carbons (Fsp3) is 0.421. The van der Waals surface area contributed by atoms with E-state index < -0.39 is 9.84 Å². The lowest BCUT2D eigenvalue weighted by atomic mass is 10.2. The third-order valence-corrected chi connectivity index (χ3v) is 6.88. The Morgan fingerprint density at radius 1 is 1.18 bits per heavy atom. The van der Waals surface area contributed by atoms with E-state index in [1.54, 1.807) is 24.3 Å². The van der Waals surface area contributed by atoms with Gasteiger partial charge < -0.3 is 16.4 Å². The number of nitrogens with one attached hydrogen (secondary N) is 2. The van der Waals surface area contributed by atoms with E-state index in [1.807, 2.05) is 6.92 Å². The quantitative estimate of drug-likeness (QED) is 0.680. The zero-order chi connectivity index (χ0) is 20.1. The lowest BCUT2D eigenvalue weighted by Gasteiger charge is -2.12. The maximum atomic E-state index is 12.6. The van der Waals surface area contributed by atoms with E-state index in [9.17, 15) is 13.2 Å². The molecule has 1 saturated carbocycles. The van der Waals surface area contributed by atoms with Crippen LogP contribution in [0, 0.1) is 0 Å². The Morgan fingerprint density at radius 2 is 1.86 bits per heavy atom. The minimum atomic E-state index is -3.25. The summed E-state index contributed by atoms with van der Waals surface area (Å²) in [6, 6.07) is 8.20. The Labute approximate surface area is 164 Å². The van der Waals surface area contributed by atoms with Gasteiger partial charge in [0, 0.05) is 23.9 Å². The minimum absolute atomic E-state index is 0.131. The van der Waals surface area contributed by atoms with Gasteiger partial charge in [-0.25, -0.2) is 23.2 Å². The van der Waals surface area contributed by atoms with Gasteiger partial charge in [-0.1, -0.05) is 12.8 Å². The highest BCUT2D eigenvalue weighted by atomic mass is 32.2. The highest BCUT2D eigenvalue weighted by Crippen LogP contribution is 2.27. The van der Waals surface area contributed by atoms with E-state index in [4.69, 9.17) is 5.73 Å². The Hall–Kier alpha value is -2.68. The van der Waals surface area contributed by atoms with Crippen molar-refractivity contribution in [2.24, 2.45) is 0 Å². The lowest BCUT2D eigenvalue weighted by molar-refractivity contribution is 0.252. The number of nitrogens with zero attached hydrogens (tertiary/aromatic N) is 2. The summed E-state index contributed by atoms with van der Waals surface area (Å²) in [5.41, 5.74) is 7.60. The Morgan fingerprint density at radius 3 is 2.50 bits per heavy atom. The average molecular weight is 404 g/mol. The number of hydrogen-bond donors (Lipinski definition) is 3. The number of urea groups is 1. The van der Waals surface area contributed by atoms with Crippen molar-refractivity contribution in [3.63, 3.8) is 0 Å². The van der Waals surface area contributed by atoms with Gasteiger partial charge in [0.15, 0.2) is 15.7 Å². The van der Waals surface area contributed by atoms with Crippen LogP contribution >= 0.6 is 0 Å². The number of aromatic nitrogens is 2. The fourth-order valence-electron chi connectivity index (χ4n) is 3.33. The molecule has 2 aromatic rings. The van der Waals surface area contributed by atoms with Gasteiger partial charge in [-0.3, -0.25) is 0 Å². The molecule has 1 aliphatic rings. The van der Waals surface area contributed by atoms with Crippen LogP contribution in [0.1, 0.15) is 38.3 Å². The van der Waals surface area contributed by atoms with Gasteiger partial charge in [0.25, 0.3) is 0 Å². The fourth-order valence-corrected chi connectivity index (χ4v) is 5.18. The molecular weight excluding hydrogens is 378 g/mol. The molecule has 0 radical (unpaired) electrons. The van der Waals surface area contributed by atoms with Gasteiger partial charge >= 0.3 is 6.03 Å². The summed E-state index contributed by atoms with van der Waals surface area (Å²) in [4.78, 5) is 20.2. The summed E-state index contributed by atoms with van der Waals surface area (Å²) in [5.74, 6) is 0.459. The van der Waals surface area contributed by atoms with E-state index in [0.717, 1.165) is 25.7 Å². The number of hydrogen-bond acceptors (Lipinski definition) is 6. The second kappa shape index (κ2) is 8.55. The standard InChI is InChI=1S/C19H25N5O3S/c1-2-21-19(25)23-14-9-7-13(8-10-14)18-22-15(11-17(20)24-18)12-28(26,27)16-5-3-4-6-16/h7-11,16H,2-6,12H2,1H3,(H2,20,22,24)(H2,21,23,25). The average Bonchev–Trinajstić information content (AvgIpc) is 3.17. The molecule has 150 valence electrons. The van der Waals surface area contributed by atoms with Crippen molar-refractivity contribution in [3.8, 4) is 11.4 Å². The van der Waals surface area contributed by atoms with Crippen molar-refractivity contribution in [3.05, 3.63) is 36.0 Å². The van der Waals surface area contributed by atoms with Crippen LogP contribution in [-0.4, -0.2) is 36.2 Å². The van der Waals surface area contributed by atoms with Gasteiger partial charge in [0.1, 0.15) is 5.82 Å². The maximum Gasteiger partial charge on any atom is 0.319 e. The normalized spacial score (nSPS) is 14.8. The van der Waals surface area contributed by atoms with Crippen LogP contribution in [0.25, 0.3) is 11.4 Å². The number of carbonyl (C=O) groups excluding carboxylic acids is 1. The van der Waals surface area contributed by atoms with Crippen molar-refractivity contribution in [1.82, 2.24) is 15.3 Å². The summed E-state index contributed by atoms with van der Waals surface area (Å²) in [5, 5.41) is 5.08. The molecule has 0 atom stereocenters. The Balaban J connectivity index is 1.78. The molecular formula is C19H25N5O3S. The molecule has 0 aliphatic heterocycles. The monoisotopic (exact) mass is 403 g/mol. The van der Waals surface area contributed by atoms with E-state index in [1.165, 1.54) is 6.07 Å². The van der Waals surface area contributed by atoms with Crippen LogP contribution in [0.5, 0.6) is 0 Å². The SMILES string of the molecule is CCNC(=O)Nc1ccc(-c2nc(N)cc(CS(=O)(=O)C3CCCC3)n2)cc1. The first-order valence-corrected chi connectivity index (χ1v) is 11.1. The molecule has 4 N–H and O–H groups in total. The van der Waals surface area contributed by atoms with Gasteiger partial charge in [-0.15, -0.1) is 0 Å². The van der Waals surface area contributed by atoms with E-state index in [-0.39, 0.29) is 22.9 Å². The first-order chi connectivity index (χ1) is 13.4. The van der Waals surface area contributed by atoms with Crippen LogP contribution in [0.15, 0.2) is 30.3 Å². The topological polar surface area (TPSA) is 127 Å². The third-order valence-electron chi connectivity index (χ3n) is 4.70. The van der Waals surface area contributed by atoms with E-state index in [2.05, 4.69) is 20.6 Å². The molecule has 1 aromatic heterocycles. The molecule has 1 fully saturated rings.